The van der Waals surface area contributed by atoms with Crippen LogP contribution in [0.3, 0.4) is 0 Å². The summed E-state index contributed by atoms with van der Waals surface area (Å²) in [4.78, 5) is 7.81. The highest BCUT2D eigenvalue weighted by Gasteiger charge is 2.16. The summed E-state index contributed by atoms with van der Waals surface area (Å²) in [6.45, 7) is 5.88. The van der Waals surface area contributed by atoms with Gasteiger partial charge in [-0.1, -0.05) is 23.8 Å². The van der Waals surface area contributed by atoms with E-state index >= 15 is 0 Å². The summed E-state index contributed by atoms with van der Waals surface area (Å²) in [5.74, 6) is 0.841. The number of aromatic amines is 1. The number of nitrogens with one attached hydrogen (secondary N) is 2. The highest BCUT2D eigenvalue weighted by Crippen LogP contribution is 2.18. The molecule has 0 atom stereocenters. The van der Waals surface area contributed by atoms with Crippen LogP contribution in [0, 0.1) is 20.8 Å². The van der Waals surface area contributed by atoms with Gasteiger partial charge >= 0.3 is 0 Å². The SMILES string of the molecule is Cc1ccc(S(=O)(=O)NCc2ccc3nc(C)[nH]c3c2)c(C)c1. The van der Waals surface area contributed by atoms with Gasteiger partial charge in [-0.15, -0.1) is 0 Å². The first-order valence-electron chi connectivity index (χ1n) is 7.37. The normalized spacial score (nSPS) is 12.0. The maximum absolute atomic E-state index is 12.5. The van der Waals surface area contributed by atoms with Gasteiger partial charge in [0.15, 0.2) is 0 Å². The van der Waals surface area contributed by atoms with Crippen molar-refractivity contribution in [3.8, 4) is 0 Å². The molecule has 0 bridgehead atoms. The molecular formula is C17H19N3O2S. The number of rotatable bonds is 4. The highest BCUT2D eigenvalue weighted by molar-refractivity contribution is 7.89. The minimum Gasteiger partial charge on any atom is -0.342 e. The Bertz CT molecular complexity index is 975. The molecule has 1 heterocycles. The van der Waals surface area contributed by atoms with E-state index in [1.54, 1.807) is 19.1 Å². The van der Waals surface area contributed by atoms with Gasteiger partial charge in [-0.2, -0.15) is 0 Å². The van der Waals surface area contributed by atoms with Crippen LogP contribution in [0.25, 0.3) is 11.0 Å². The first-order valence-corrected chi connectivity index (χ1v) is 8.86. The number of nitrogens with zero attached hydrogens (tertiary/aromatic N) is 1. The van der Waals surface area contributed by atoms with Crippen LogP contribution in [0.5, 0.6) is 0 Å². The van der Waals surface area contributed by atoms with Crippen molar-refractivity contribution in [1.29, 1.82) is 0 Å². The summed E-state index contributed by atoms with van der Waals surface area (Å²) in [5, 5.41) is 0. The zero-order chi connectivity index (χ0) is 16.6. The molecule has 2 aromatic carbocycles. The monoisotopic (exact) mass is 329 g/mol. The Kier molecular flexibility index (Phi) is 3.95. The van der Waals surface area contributed by atoms with Crippen molar-refractivity contribution in [2.45, 2.75) is 32.2 Å². The summed E-state index contributed by atoms with van der Waals surface area (Å²) < 4.78 is 27.6. The van der Waals surface area contributed by atoms with Gasteiger partial charge < -0.3 is 4.98 Å². The second-order valence-corrected chi connectivity index (χ2v) is 7.50. The lowest BCUT2D eigenvalue weighted by Crippen LogP contribution is -2.24. The molecule has 23 heavy (non-hydrogen) atoms. The van der Waals surface area contributed by atoms with Crippen LogP contribution in [-0.2, 0) is 16.6 Å². The van der Waals surface area contributed by atoms with Gasteiger partial charge in [0, 0.05) is 6.54 Å². The molecule has 0 aliphatic carbocycles. The third-order valence-corrected chi connectivity index (χ3v) is 5.31. The molecule has 0 saturated heterocycles. The second kappa shape index (κ2) is 5.79. The Morgan fingerprint density at radius 1 is 1.09 bits per heavy atom. The minimum absolute atomic E-state index is 0.240. The zero-order valence-corrected chi connectivity index (χ0v) is 14.2. The van der Waals surface area contributed by atoms with E-state index in [1.807, 2.05) is 38.1 Å². The van der Waals surface area contributed by atoms with Crippen LogP contribution in [0.15, 0.2) is 41.3 Å². The fourth-order valence-corrected chi connectivity index (χ4v) is 3.89. The molecule has 1 aromatic heterocycles. The molecular weight excluding hydrogens is 310 g/mol. The summed E-state index contributed by atoms with van der Waals surface area (Å²) >= 11 is 0. The minimum atomic E-state index is -3.53. The largest absolute Gasteiger partial charge is 0.342 e. The molecule has 0 fully saturated rings. The van der Waals surface area contributed by atoms with E-state index in [1.165, 1.54) is 0 Å². The standard InChI is InChI=1S/C17H19N3O2S/c1-11-4-7-17(12(2)8-11)23(21,22)18-10-14-5-6-15-16(9-14)20-13(3)19-15/h4-9,18H,10H2,1-3H3,(H,19,20). The number of sulfonamides is 1. The zero-order valence-electron chi connectivity index (χ0n) is 13.3. The number of hydrogen-bond acceptors (Lipinski definition) is 3. The highest BCUT2D eigenvalue weighted by atomic mass is 32.2. The van der Waals surface area contributed by atoms with Crippen molar-refractivity contribution in [2.24, 2.45) is 0 Å². The molecule has 2 N–H and O–H groups in total. The smallest absolute Gasteiger partial charge is 0.241 e. The van der Waals surface area contributed by atoms with Gasteiger partial charge in [0.1, 0.15) is 5.82 Å². The third kappa shape index (κ3) is 3.28. The van der Waals surface area contributed by atoms with Gasteiger partial charge in [0.2, 0.25) is 10.0 Å². The molecule has 0 saturated carbocycles. The van der Waals surface area contributed by atoms with Crippen LogP contribution in [0.1, 0.15) is 22.5 Å². The molecule has 0 radical (unpaired) electrons. The molecule has 5 nitrogen and oxygen atoms in total. The van der Waals surface area contributed by atoms with Gasteiger partial charge in [-0.3, -0.25) is 0 Å². The van der Waals surface area contributed by atoms with Crippen molar-refractivity contribution in [1.82, 2.24) is 14.7 Å². The average Bonchev–Trinajstić information content (AvgIpc) is 2.84. The van der Waals surface area contributed by atoms with Gasteiger partial charge in [0.05, 0.1) is 15.9 Å². The lowest BCUT2D eigenvalue weighted by molar-refractivity contribution is 0.580. The van der Waals surface area contributed by atoms with Crippen molar-refractivity contribution >= 4 is 21.1 Å². The van der Waals surface area contributed by atoms with Gasteiger partial charge in [-0.05, 0) is 50.1 Å². The average molecular weight is 329 g/mol. The number of aromatic nitrogens is 2. The Balaban J connectivity index is 1.82. The molecule has 3 rings (SSSR count). The van der Waals surface area contributed by atoms with Crippen molar-refractivity contribution in [3.05, 3.63) is 58.9 Å². The maximum atomic E-state index is 12.5. The Labute approximate surface area is 135 Å². The van der Waals surface area contributed by atoms with E-state index in [-0.39, 0.29) is 6.54 Å². The van der Waals surface area contributed by atoms with Crippen LogP contribution in [0.2, 0.25) is 0 Å². The van der Waals surface area contributed by atoms with E-state index in [0.29, 0.717) is 4.90 Å². The summed E-state index contributed by atoms with van der Waals surface area (Å²) in [5.41, 5.74) is 4.46. The van der Waals surface area contributed by atoms with Crippen LogP contribution >= 0.6 is 0 Å². The maximum Gasteiger partial charge on any atom is 0.241 e. The van der Waals surface area contributed by atoms with Crippen LogP contribution in [-0.4, -0.2) is 18.4 Å². The van der Waals surface area contributed by atoms with Gasteiger partial charge in [-0.25, -0.2) is 18.1 Å². The van der Waals surface area contributed by atoms with E-state index in [9.17, 15) is 8.42 Å². The number of H-pyrrole nitrogens is 1. The summed E-state index contributed by atoms with van der Waals surface area (Å²) in [7, 11) is -3.53. The third-order valence-electron chi connectivity index (χ3n) is 3.75. The quantitative estimate of drug-likeness (QED) is 0.773. The Hall–Kier alpha value is -2.18. The molecule has 0 spiro atoms. The molecule has 0 aliphatic heterocycles. The summed E-state index contributed by atoms with van der Waals surface area (Å²) in [6.07, 6.45) is 0. The summed E-state index contributed by atoms with van der Waals surface area (Å²) in [6, 6.07) is 11.0. The molecule has 0 unspecified atom stereocenters. The topological polar surface area (TPSA) is 74.8 Å². The molecule has 0 amide bonds. The van der Waals surface area contributed by atoms with Crippen molar-refractivity contribution < 1.29 is 8.42 Å². The number of benzene rings is 2. The number of imidazole rings is 1. The van der Waals surface area contributed by atoms with Crippen molar-refractivity contribution in [2.75, 3.05) is 0 Å². The molecule has 3 aromatic rings. The van der Waals surface area contributed by atoms with Gasteiger partial charge in [0.25, 0.3) is 0 Å². The van der Waals surface area contributed by atoms with E-state index in [2.05, 4.69) is 14.7 Å². The molecule has 120 valence electrons. The number of hydrogen-bond donors (Lipinski definition) is 2. The molecule has 0 aliphatic rings. The first-order chi connectivity index (χ1) is 10.8. The van der Waals surface area contributed by atoms with E-state index < -0.39 is 10.0 Å². The van der Waals surface area contributed by atoms with E-state index in [0.717, 1.165) is 33.5 Å². The first kappa shape index (κ1) is 15.7. The van der Waals surface area contributed by atoms with Crippen LogP contribution in [0.4, 0.5) is 0 Å². The van der Waals surface area contributed by atoms with Crippen LogP contribution < -0.4 is 4.72 Å². The van der Waals surface area contributed by atoms with Crippen molar-refractivity contribution in [3.63, 3.8) is 0 Å². The second-order valence-electron chi connectivity index (χ2n) is 5.77. The predicted molar refractivity (Wildman–Crippen MR) is 90.8 cm³/mol. The molecule has 6 heteroatoms. The Morgan fingerprint density at radius 3 is 2.61 bits per heavy atom. The predicted octanol–water partition coefficient (Wildman–Crippen LogP) is 2.97. The fraction of sp³-hybridized carbons (Fsp3) is 0.235. The Morgan fingerprint density at radius 2 is 1.87 bits per heavy atom. The number of aryl methyl sites for hydroxylation is 3. The lowest BCUT2D eigenvalue weighted by atomic mass is 10.2. The van der Waals surface area contributed by atoms with E-state index in [4.69, 9.17) is 0 Å². The lowest BCUT2D eigenvalue weighted by Gasteiger charge is -2.10. The number of fused-ring (bicyclic) bond motifs is 1. The fourth-order valence-electron chi connectivity index (χ4n) is 2.65.